The minimum atomic E-state index is 0.834. The molecule has 0 bridgehead atoms. The molecule has 0 spiro atoms. The van der Waals surface area contributed by atoms with Gasteiger partial charge in [-0.1, -0.05) is 0 Å². The lowest BCUT2D eigenvalue weighted by atomic mass is 10.4. The van der Waals surface area contributed by atoms with Crippen LogP contribution in [0.25, 0.3) is 11.5 Å². The number of hydrogen-bond acceptors (Lipinski definition) is 3. The predicted octanol–water partition coefficient (Wildman–Crippen LogP) is 1.22. The van der Waals surface area contributed by atoms with Crippen molar-refractivity contribution in [3.63, 3.8) is 0 Å². The van der Waals surface area contributed by atoms with Crippen molar-refractivity contribution in [2.75, 3.05) is 0 Å². The summed E-state index contributed by atoms with van der Waals surface area (Å²) in [4.78, 5) is 4.37. The fraction of sp³-hybridized carbons (Fsp3) is 0.100. The molecule has 0 atom stereocenters. The van der Waals surface area contributed by atoms with Crippen molar-refractivity contribution < 1.29 is 0 Å². The largest absolute Gasteiger partial charge is 0.234 e. The standard InChI is InChI=1S/C10H9N5/c1-8-7-10(14-6-2-4-11-14)15-9(13-8)3-5-12-15/h2-7H,1H3. The number of aromatic nitrogens is 5. The molecule has 0 amide bonds. The zero-order chi connectivity index (χ0) is 10.3. The summed E-state index contributed by atoms with van der Waals surface area (Å²) in [5.74, 6) is 0.896. The summed E-state index contributed by atoms with van der Waals surface area (Å²) in [7, 11) is 0. The highest BCUT2D eigenvalue weighted by atomic mass is 15.4. The molecule has 5 nitrogen and oxygen atoms in total. The maximum atomic E-state index is 4.37. The van der Waals surface area contributed by atoms with Crippen molar-refractivity contribution in [1.82, 2.24) is 24.4 Å². The van der Waals surface area contributed by atoms with E-state index in [0.717, 1.165) is 17.2 Å². The molecule has 0 saturated heterocycles. The Morgan fingerprint density at radius 1 is 1.20 bits per heavy atom. The van der Waals surface area contributed by atoms with E-state index in [1.54, 1.807) is 21.6 Å². The van der Waals surface area contributed by atoms with E-state index in [1.165, 1.54) is 0 Å². The molecule has 0 N–H and O–H groups in total. The molecule has 3 aromatic heterocycles. The van der Waals surface area contributed by atoms with E-state index >= 15 is 0 Å². The van der Waals surface area contributed by atoms with Crippen LogP contribution in [0, 0.1) is 6.92 Å². The van der Waals surface area contributed by atoms with Crippen molar-refractivity contribution in [2.24, 2.45) is 0 Å². The fourth-order valence-electron chi connectivity index (χ4n) is 1.59. The van der Waals surface area contributed by atoms with Crippen LogP contribution in [0.5, 0.6) is 0 Å². The maximum absolute atomic E-state index is 4.37. The van der Waals surface area contributed by atoms with Crippen LogP contribution < -0.4 is 0 Å². The minimum Gasteiger partial charge on any atom is -0.234 e. The van der Waals surface area contributed by atoms with Crippen LogP contribution in [0.1, 0.15) is 5.69 Å². The van der Waals surface area contributed by atoms with E-state index in [1.807, 2.05) is 31.3 Å². The van der Waals surface area contributed by atoms with Crippen molar-refractivity contribution in [1.29, 1.82) is 0 Å². The second-order valence-corrected chi connectivity index (χ2v) is 3.31. The Morgan fingerprint density at radius 2 is 2.13 bits per heavy atom. The average Bonchev–Trinajstić information content (AvgIpc) is 2.86. The van der Waals surface area contributed by atoms with Gasteiger partial charge in [0.25, 0.3) is 0 Å². The average molecular weight is 199 g/mol. The summed E-state index contributed by atoms with van der Waals surface area (Å²) in [5, 5.41) is 8.39. The summed E-state index contributed by atoms with van der Waals surface area (Å²) >= 11 is 0. The van der Waals surface area contributed by atoms with Crippen LogP contribution in [0.2, 0.25) is 0 Å². The van der Waals surface area contributed by atoms with Gasteiger partial charge in [0, 0.05) is 30.2 Å². The van der Waals surface area contributed by atoms with Crippen molar-refractivity contribution in [3.05, 3.63) is 42.5 Å². The third-order valence-electron chi connectivity index (χ3n) is 2.21. The molecular formula is C10H9N5. The molecule has 5 heteroatoms. The molecule has 3 rings (SSSR count). The molecule has 0 aliphatic carbocycles. The van der Waals surface area contributed by atoms with Gasteiger partial charge < -0.3 is 0 Å². The monoisotopic (exact) mass is 199 g/mol. The molecule has 0 fully saturated rings. The van der Waals surface area contributed by atoms with Crippen molar-refractivity contribution in [3.8, 4) is 5.82 Å². The molecule has 0 unspecified atom stereocenters. The summed E-state index contributed by atoms with van der Waals surface area (Å²) < 4.78 is 3.54. The van der Waals surface area contributed by atoms with E-state index < -0.39 is 0 Å². The highest BCUT2D eigenvalue weighted by molar-refractivity contribution is 5.43. The van der Waals surface area contributed by atoms with Crippen LogP contribution in [-0.4, -0.2) is 24.4 Å². The van der Waals surface area contributed by atoms with Crippen LogP contribution in [0.15, 0.2) is 36.8 Å². The van der Waals surface area contributed by atoms with E-state index in [2.05, 4.69) is 15.2 Å². The molecule has 74 valence electrons. The van der Waals surface area contributed by atoms with E-state index in [-0.39, 0.29) is 0 Å². The van der Waals surface area contributed by atoms with Gasteiger partial charge in [-0.3, -0.25) is 0 Å². The molecule has 3 aromatic rings. The van der Waals surface area contributed by atoms with Crippen molar-refractivity contribution in [2.45, 2.75) is 6.92 Å². The van der Waals surface area contributed by atoms with Gasteiger partial charge in [0.1, 0.15) is 0 Å². The normalized spacial score (nSPS) is 11.0. The third-order valence-corrected chi connectivity index (χ3v) is 2.21. The molecule has 3 heterocycles. The number of nitrogens with zero attached hydrogens (tertiary/aromatic N) is 5. The lowest BCUT2D eigenvalue weighted by Crippen LogP contribution is -2.05. The maximum Gasteiger partial charge on any atom is 0.159 e. The Labute approximate surface area is 86.0 Å². The molecule has 0 radical (unpaired) electrons. The Morgan fingerprint density at radius 3 is 2.93 bits per heavy atom. The first kappa shape index (κ1) is 8.16. The summed E-state index contributed by atoms with van der Waals surface area (Å²) in [6.45, 7) is 1.96. The van der Waals surface area contributed by atoms with Gasteiger partial charge in [0.15, 0.2) is 11.5 Å². The Balaban J connectivity index is 2.38. The molecule has 0 saturated carbocycles. The lowest BCUT2D eigenvalue weighted by Gasteiger charge is -2.05. The first-order valence-electron chi connectivity index (χ1n) is 4.66. The van der Waals surface area contributed by atoms with Gasteiger partial charge in [-0.05, 0) is 13.0 Å². The Bertz CT molecular complexity index is 593. The van der Waals surface area contributed by atoms with Crippen LogP contribution >= 0.6 is 0 Å². The SMILES string of the molecule is Cc1cc(-n2cccn2)n2nccc2n1. The fourth-order valence-corrected chi connectivity index (χ4v) is 1.59. The van der Waals surface area contributed by atoms with Crippen LogP contribution in [0.4, 0.5) is 0 Å². The summed E-state index contributed by atoms with van der Waals surface area (Å²) in [5.41, 5.74) is 1.79. The minimum absolute atomic E-state index is 0.834. The summed E-state index contributed by atoms with van der Waals surface area (Å²) in [6.07, 6.45) is 5.36. The second-order valence-electron chi connectivity index (χ2n) is 3.31. The number of rotatable bonds is 1. The number of fused-ring (bicyclic) bond motifs is 1. The van der Waals surface area contributed by atoms with E-state index in [4.69, 9.17) is 0 Å². The first-order valence-corrected chi connectivity index (χ1v) is 4.66. The summed E-state index contributed by atoms with van der Waals surface area (Å²) in [6, 6.07) is 5.71. The third kappa shape index (κ3) is 1.20. The van der Waals surface area contributed by atoms with E-state index in [9.17, 15) is 0 Å². The highest BCUT2D eigenvalue weighted by Gasteiger charge is 2.05. The zero-order valence-electron chi connectivity index (χ0n) is 8.20. The molecule has 0 aliphatic rings. The highest BCUT2D eigenvalue weighted by Crippen LogP contribution is 2.10. The smallest absolute Gasteiger partial charge is 0.159 e. The van der Waals surface area contributed by atoms with Gasteiger partial charge in [-0.15, -0.1) is 0 Å². The number of aryl methyl sites for hydroxylation is 1. The lowest BCUT2D eigenvalue weighted by molar-refractivity contribution is 0.778. The number of hydrogen-bond donors (Lipinski definition) is 0. The molecule has 0 aromatic carbocycles. The van der Waals surface area contributed by atoms with Gasteiger partial charge >= 0.3 is 0 Å². The molecular weight excluding hydrogens is 190 g/mol. The van der Waals surface area contributed by atoms with Crippen LogP contribution in [-0.2, 0) is 0 Å². The van der Waals surface area contributed by atoms with Gasteiger partial charge in [0.2, 0.25) is 0 Å². The van der Waals surface area contributed by atoms with Gasteiger partial charge in [0.05, 0.1) is 6.20 Å². The Kier molecular flexibility index (Phi) is 1.58. The van der Waals surface area contributed by atoms with E-state index in [0.29, 0.717) is 0 Å². The Hall–Kier alpha value is -2.17. The topological polar surface area (TPSA) is 48.0 Å². The predicted molar refractivity (Wildman–Crippen MR) is 54.8 cm³/mol. The molecule has 0 aliphatic heterocycles. The van der Waals surface area contributed by atoms with Crippen LogP contribution in [0.3, 0.4) is 0 Å². The van der Waals surface area contributed by atoms with Gasteiger partial charge in [-0.2, -0.15) is 14.7 Å². The molecule has 15 heavy (non-hydrogen) atoms. The quantitative estimate of drug-likeness (QED) is 0.592. The van der Waals surface area contributed by atoms with Crippen molar-refractivity contribution >= 4 is 5.65 Å². The first-order chi connectivity index (χ1) is 7.34. The second kappa shape index (κ2) is 2.91. The van der Waals surface area contributed by atoms with Gasteiger partial charge in [-0.25, -0.2) is 9.67 Å². The zero-order valence-corrected chi connectivity index (χ0v) is 8.20.